The Morgan fingerprint density at radius 3 is 2.60 bits per heavy atom. The minimum Gasteiger partial charge on any atom is -0.370 e. The van der Waals surface area contributed by atoms with Crippen LogP contribution >= 0.6 is 0 Å². The molecule has 1 atom stereocenters. The SMILES string of the molecule is O=C(C1CC1)[C@H]1CCCO1. The highest BCUT2D eigenvalue weighted by Crippen LogP contribution is 2.33. The van der Waals surface area contributed by atoms with Crippen molar-refractivity contribution in [2.45, 2.75) is 31.8 Å². The third kappa shape index (κ3) is 1.08. The minimum absolute atomic E-state index is 0.0208. The molecule has 0 aromatic rings. The van der Waals surface area contributed by atoms with E-state index in [0.717, 1.165) is 32.3 Å². The molecular weight excluding hydrogens is 128 g/mol. The zero-order valence-corrected chi connectivity index (χ0v) is 6.01. The van der Waals surface area contributed by atoms with Gasteiger partial charge in [0.25, 0.3) is 0 Å². The van der Waals surface area contributed by atoms with Gasteiger partial charge in [0.15, 0.2) is 5.78 Å². The van der Waals surface area contributed by atoms with Crippen LogP contribution in [0, 0.1) is 5.92 Å². The summed E-state index contributed by atoms with van der Waals surface area (Å²) in [4.78, 5) is 11.3. The number of rotatable bonds is 2. The molecule has 0 N–H and O–H groups in total. The zero-order valence-electron chi connectivity index (χ0n) is 6.01. The van der Waals surface area contributed by atoms with Crippen LogP contribution in [-0.4, -0.2) is 18.5 Å². The molecule has 0 unspecified atom stereocenters. The van der Waals surface area contributed by atoms with Crippen molar-refractivity contribution in [3.8, 4) is 0 Å². The van der Waals surface area contributed by atoms with Gasteiger partial charge in [-0.15, -0.1) is 0 Å². The molecule has 1 saturated heterocycles. The first-order valence-electron chi connectivity index (χ1n) is 4.03. The third-order valence-corrected chi connectivity index (χ3v) is 2.23. The Kier molecular flexibility index (Phi) is 1.49. The van der Waals surface area contributed by atoms with Gasteiger partial charge in [-0.3, -0.25) is 4.79 Å². The minimum atomic E-state index is -0.0208. The van der Waals surface area contributed by atoms with E-state index in [1.54, 1.807) is 0 Å². The predicted molar refractivity (Wildman–Crippen MR) is 36.7 cm³/mol. The summed E-state index contributed by atoms with van der Waals surface area (Å²) in [6, 6.07) is 0. The Labute approximate surface area is 60.6 Å². The maximum absolute atomic E-state index is 11.3. The normalized spacial score (nSPS) is 32.6. The Morgan fingerprint density at radius 2 is 2.10 bits per heavy atom. The first kappa shape index (κ1) is 6.35. The molecule has 0 radical (unpaired) electrons. The maximum atomic E-state index is 11.3. The van der Waals surface area contributed by atoms with E-state index in [0.29, 0.717) is 11.7 Å². The number of Topliss-reactive ketones (excluding diaryl/α,β-unsaturated/α-hetero) is 1. The van der Waals surface area contributed by atoms with Crippen molar-refractivity contribution in [1.29, 1.82) is 0 Å². The number of carbonyl (C=O) groups is 1. The quantitative estimate of drug-likeness (QED) is 0.575. The smallest absolute Gasteiger partial charge is 0.164 e. The standard InChI is InChI=1S/C8H12O2/c9-8(6-3-4-6)7-2-1-5-10-7/h6-7H,1-5H2/t7-/m1/s1. The van der Waals surface area contributed by atoms with E-state index in [4.69, 9.17) is 4.74 Å². The molecule has 10 heavy (non-hydrogen) atoms. The fraction of sp³-hybridized carbons (Fsp3) is 0.875. The van der Waals surface area contributed by atoms with Crippen molar-refractivity contribution in [1.82, 2.24) is 0 Å². The summed E-state index contributed by atoms with van der Waals surface area (Å²) in [5, 5.41) is 0. The summed E-state index contributed by atoms with van der Waals surface area (Å²) in [6.07, 6.45) is 4.24. The fourth-order valence-corrected chi connectivity index (χ4v) is 1.43. The van der Waals surface area contributed by atoms with Crippen LogP contribution in [0.4, 0.5) is 0 Å². The second-order valence-electron chi connectivity index (χ2n) is 3.18. The van der Waals surface area contributed by atoms with E-state index in [2.05, 4.69) is 0 Å². The van der Waals surface area contributed by atoms with E-state index < -0.39 is 0 Å². The lowest BCUT2D eigenvalue weighted by atomic mass is 10.1. The van der Waals surface area contributed by atoms with Crippen molar-refractivity contribution in [2.75, 3.05) is 6.61 Å². The Balaban J connectivity index is 1.90. The van der Waals surface area contributed by atoms with Gasteiger partial charge < -0.3 is 4.74 Å². The van der Waals surface area contributed by atoms with Gasteiger partial charge in [-0.2, -0.15) is 0 Å². The number of hydrogen-bond acceptors (Lipinski definition) is 2. The van der Waals surface area contributed by atoms with Crippen molar-refractivity contribution < 1.29 is 9.53 Å². The molecule has 1 aliphatic heterocycles. The highest BCUT2D eigenvalue weighted by molar-refractivity contribution is 5.87. The molecule has 1 heterocycles. The molecule has 0 aromatic heterocycles. The molecule has 1 saturated carbocycles. The molecule has 0 amide bonds. The average Bonchev–Trinajstić information content (AvgIpc) is 2.65. The van der Waals surface area contributed by atoms with Gasteiger partial charge >= 0.3 is 0 Å². The zero-order chi connectivity index (χ0) is 6.97. The molecule has 0 spiro atoms. The topological polar surface area (TPSA) is 26.3 Å². The van der Waals surface area contributed by atoms with Crippen LogP contribution in [0.1, 0.15) is 25.7 Å². The Bertz CT molecular complexity index is 143. The van der Waals surface area contributed by atoms with Crippen molar-refractivity contribution in [3.63, 3.8) is 0 Å². The summed E-state index contributed by atoms with van der Waals surface area (Å²) < 4.78 is 5.27. The van der Waals surface area contributed by atoms with Crippen molar-refractivity contribution in [2.24, 2.45) is 5.92 Å². The van der Waals surface area contributed by atoms with Crippen LogP contribution in [0.15, 0.2) is 0 Å². The molecule has 2 aliphatic rings. The fourth-order valence-electron chi connectivity index (χ4n) is 1.43. The third-order valence-electron chi connectivity index (χ3n) is 2.23. The molecule has 56 valence electrons. The van der Waals surface area contributed by atoms with E-state index in [-0.39, 0.29) is 6.10 Å². The van der Waals surface area contributed by atoms with Crippen molar-refractivity contribution in [3.05, 3.63) is 0 Å². The molecule has 2 rings (SSSR count). The number of hydrogen-bond donors (Lipinski definition) is 0. The van der Waals surface area contributed by atoms with Crippen LogP contribution in [-0.2, 0) is 9.53 Å². The lowest BCUT2D eigenvalue weighted by Gasteiger charge is -2.05. The number of ether oxygens (including phenoxy) is 1. The highest BCUT2D eigenvalue weighted by Gasteiger charge is 2.36. The molecule has 2 fully saturated rings. The molecule has 0 aromatic carbocycles. The Morgan fingerprint density at radius 1 is 1.30 bits per heavy atom. The summed E-state index contributed by atoms with van der Waals surface area (Å²) in [5.41, 5.74) is 0. The van der Waals surface area contributed by atoms with Crippen LogP contribution in [0.2, 0.25) is 0 Å². The summed E-state index contributed by atoms with van der Waals surface area (Å²) in [7, 11) is 0. The first-order valence-corrected chi connectivity index (χ1v) is 4.03. The average molecular weight is 140 g/mol. The molecular formula is C8H12O2. The largest absolute Gasteiger partial charge is 0.370 e. The lowest BCUT2D eigenvalue weighted by molar-refractivity contribution is -0.129. The monoisotopic (exact) mass is 140 g/mol. The van der Waals surface area contributed by atoms with Gasteiger partial charge in [0.1, 0.15) is 6.10 Å². The van der Waals surface area contributed by atoms with Gasteiger partial charge in [-0.05, 0) is 25.7 Å². The van der Waals surface area contributed by atoms with Crippen molar-refractivity contribution >= 4 is 5.78 Å². The Hall–Kier alpha value is -0.370. The second-order valence-corrected chi connectivity index (χ2v) is 3.18. The van der Waals surface area contributed by atoms with Crippen LogP contribution in [0.3, 0.4) is 0 Å². The molecule has 0 bridgehead atoms. The van der Waals surface area contributed by atoms with E-state index >= 15 is 0 Å². The van der Waals surface area contributed by atoms with Gasteiger partial charge in [0.2, 0.25) is 0 Å². The van der Waals surface area contributed by atoms with E-state index in [9.17, 15) is 4.79 Å². The maximum Gasteiger partial charge on any atom is 0.164 e. The molecule has 2 heteroatoms. The van der Waals surface area contributed by atoms with Crippen LogP contribution < -0.4 is 0 Å². The van der Waals surface area contributed by atoms with E-state index in [1.165, 1.54) is 0 Å². The number of ketones is 1. The van der Waals surface area contributed by atoms with Gasteiger partial charge in [-0.25, -0.2) is 0 Å². The highest BCUT2D eigenvalue weighted by atomic mass is 16.5. The van der Waals surface area contributed by atoms with Gasteiger partial charge in [-0.1, -0.05) is 0 Å². The second kappa shape index (κ2) is 2.35. The summed E-state index contributed by atoms with van der Waals surface area (Å²) >= 11 is 0. The van der Waals surface area contributed by atoms with E-state index in [1.807, 2.05) is 0 Å². The van der Waals surface area contributed by atoms with Gasteiger partial charge in [0.05, 0.1) is 0 Å². The predicted octanol–water partition coefficient (Wildman–Crippen LogP) is 1.14. The van der Waals surface area contributed by atoms with Gasteiger partial charge in [0, 0.05) is 12.5 Å². The molecule has 2 nitrogen and oxygen atoms in total. The van der Waals surface area contributed by atoms with Crippen LogP contribution in [0.25, 0.3) is 0 Å². The number of carbonyl (C=O) groups excluding carboxylic acids is 1. The summed E-state index contributed by atoms with van der Waals surface area (Å²) in [6.45, 7) is 0.795. The lowest BCUT2D eigenvalue weighted by Crippen LogP contribution is -2.20. The first-order chi connectivity index (χ1) is 4.88. The summed E-state index contributed by atoms with van der Waals surface area (Å²) in [5.74, 6) is 0.751. The van der Waals surface area contributed by atoms with Crippen LogP contribution in [0.5, 0.6) is 0 Å². The molecule has 1 aliphatic carbocycles.